The van der Waals surface area contributed by atoms with Gasteiger partial charge in [0.1, 0.15) is 11.3 Å². The van der Waals surface area contributed by atoms with Crippen LogP contribution < -0.4 is 15.4 Å². The van der Waals surface area contributed by atoms with Crippen molar-refractivity contribution in [3.8, 4) is 5.75 Å². The number of carbonyl (C=O) groups excluding carboxylic acids is 1. The molecule has 1 heterocycles. The Bertz CT molecular complexity index is 1050. The number of hydrogen-bond donors (Lipinski definition) is 2. The van der Waals surface area contributed by atoms with Gasteiger partial charge in [0.2, 0.25) is 0 Å². The summed E-state index contributed by atoms with van der Waals surface area (Å²) in [6, 6.07) is 15.6. The van der Waals surface area contributed by atoms with Crippen LogP contribution in [0.5, 0.6) is 5.75 Å². The molecule has 3 aromatic rings. The van der Waals surface area contributed by atoms with Crippen molar-refractivity contribution in [2.45, 2.75) is 26.6 Å². The first-order valence-corrected chi connectivity index (χ1v) is 10.5. The third kappa shape index (κ3) is 6.10. The minimum atomic E-state index is -0.438. The van der Waals surface area contributed by atoms with Gasteiger partial charge in [-0.25, -0.2) is 9.79 Å². The summed E-state index contributed by atoms with van der Waals surface area (Å²) in [5.74, 6) is 0.728. The SMILES string of the molecule is CCNC(=NCc1ccc(OC)c(C(=O)OC)c1)NCc1ccccc1Cn1cccn1. The first-order valence-electron chi connectivity index (χ1n) is 10.5. The molecule has 32 heavy (non-hydrogen) atoms. The van der Waals surface area contributed by atoms with Crippen molar-refractivity contribution in [1.82, 2.24) is 20.4 Å². The molecule has 0 spiro atoms. The van der Waals surface area contributed by atoms with E-state index in [4.69, 9.17) is 9.47 Å². The molecule has 0 atom stereocenters. The summed E-state index contributed by atoms with van der Waals surface area (Å²) in [6.07, 6.45) is 3.73. The zero-order chi connectivity index (χ0) is 22.8. The first kappa shape index (κ1) is 22.9. The van der Waals surface area contributed by atoms with Crippen LogP contribution in [0.4, 0.5) is 0 Å². The lowest BCUT2D eigenvalue weighted by Crippen LogP contribution is -2.37. The van der Waals surface area contributed by atoms with Crippen molar-refractivity contribution in [3.63, 3.8) is 0 Å². The molecule has 2 N–H and O–H groups in total. The Kier molecular flexibility index (Phi) is 8.25. The van der Waals surface area contributed by atoms with Gasteiger partial charge in [-0.3, -0.25) is 4.68 Å². The van der Waals surface area contributed by atoms with Gasteiger partial charge in [-0.2, -0.15) is 5.10 Å². The maximum Gasteiger partial charge on any atom is 0.341 e. The molecule has 0 bridgehead atoms. The van der Waals surface area contributed by atoms with Crippen molar-refractivity contribution in [3.05, 3.63) is 83.2 Å². The third-order valence-corrected chi connectivity index (χ3v) is 4.89. The summed E-state index contributed by atoms with van der Waals surface area (Å²) in [5.41, 5.74) is 3.62. The number of rotatable bonds is 9. The largest absolute Gasteiger partial charge is 0.496 e. The smallest absolute Gasteiger partial charge is 0.341 e. The van der Waals surface area contributed by atoms with Gasteiger partial charge >= 0.3 is 5.97 Å². The molecular formula is C24H29N5O3. The van der Waals surface area contributed by atoms with Crippen LogP contribution in [0, 0.1) is 0 Å². The highest BCUT2D eigenvalue weighted by Gasteiger charge is 2.13. The molecule has 0 saturated carbocycles. The van der Waals surface area contributed by atoms with Crippen LogP contribution in [0.2, 0.25) is 0 Å². The van der Waals surface area contributed by atoms with Crippen LogP contribution >= 0.6 is 0 Å². The minimum absolute atomic E-state index is 0.383. The number of nitrogens with one attached hydrogen (secondary N) is 2. The van der Waals surface area contributed by atoms with Crippen LogP contribution in [0.3, 0.4) is 0 Å². The Balaban J connectivity index is 1.71. The average molecular weight is 436 g/mol. The lowest BCUT2D eigenvalue weighted by molar-refractivity contribution is 0.0597. The van der Waals surface area contributed by atoms with E-state index in [1.807, 2.05) is 42.1 Å². The molecule has 0 saturated heterocycles. The average Bonchev–Trinajstić information content (AvgIpc) is 3.34. The number of esters is 1. The number of ether oxygens (including phenoxy) is 2. The normalized spacial score (nSPS) is 11.2. The fraction of sp³-hybridized carbons (Fsp3) is 0.292. The van der Waals surface area contributed by atoms with E-state index in [9.17, 15) is 4.79 Å². The predicted octanol–water partition coefficient (Wildman–Crippen LogP) is 2.98. The lowest BCUT2D eigenvalue weighted by atomic mass is 10.1. The number of nitrogens with zero attached hydrogens (tertiary/aromatic N) is 3. The van der Waals surface area contributed by atoms with Crippen LogP contribution in [-0.2, 0) is 24.4 Å². The molecule has 0 amide bonds. The van der Waals surface area contributed by atoms with Gasteiger partial charge in [-0.05, 0) is 41.8 Å². The number of carbonyl (C=O) groups is 1. The van der Waals surface area contributed by atoms with E-state index >= 15 is 0 Å². The second-order valence-electron chi connectivity index (χ2n) is 7.05. The van der Waals surface area contributed by atoms with E-state index in [2.05, 4.69) is 32.9 Å². The second-order valence-corrected chi connectivity index (χ2v) is 7.05. The van der Waals surface area contributed by atoms with Gasteiger partial charge in [0, 0.05) is 25.5 Å². The molecule has 0 fully saturated rings. The highest BCUT2D eigenvalue weighted by Crippen LogP contribution is 2.21. The van der Waals surface area contributed by atoms with Crippen LogP contribution in [-0.4, -0.2) is 42.5 Å². The standard InChI is InChI=1S/C24H29N5O3/c1-4-25-24(26-15-18-10-11-22(31-2)21(14-18)23(30)32-3)27-16-19-8-5-6-9-20(19)17-29-13-7-12-28-29/h5-14H,4,15-17H2,1-3H3,(H2,25,26,27). The van der Waals surface area contributed by atoms with E-state index in [0.717, 1.165) is 12.1 Å². The predicted molar refractivity (Wildman–Crippen MR) is 124 cm³/mol. The van der Waals surface area contributed by atoms with Gasteiger partial charge in [0.05, 0.1) is 27.3 Å². The second kappa shape index (κ2) is 11.5. The molecule has 0 unspecified atom stereocenters. The van der Waals surface area contributed by atoms with Crippen molar-refractivity contribution in [1.29, 1.82) is 0 Å². The molecule has 8 nitrogen and oxygen atoms in total. The molecule has 168 valence electrons. The highest BCUT2D eigenvalue weighted by molar-refractivity contribution is 5.92. The number of methoxy groups -OCH3 is 2. The molecule has 8 heteroatoms. The summed E-state index contributed by atoms with van der Waals surface area (Å²) in [6.45, 7) is 4.49. The van der Waals surface area contributed by atoms with Crippen molar-refractivity contribution >= 4 is 11.9 Å². The van der Waals surface area contributed by atoms with E-state index in [-0.39, 0.29) is 0 Å². The lowest BCUT2D eigenvalue weighted by Gasteiger charge is -2.14. The monoisotopic (exact) mass is 435 g/mol. The summed E-state index contributed by atoms with van der Waals surface area (Å²) >= 11 is 0. The van der Waals surface area contributed by atoms with Gasteiger partial charge in [0.25, 0.3) is 0 Å². The van der Waals surface area contributed by atoms with E-state index in [1.165, 1.54) is 25.3 Å². The molecule has 0 aliphatic heterocycles. The summed E-state index contributed by atoms with van der Waals surface area (Å²) in [4.78, 5) is 16.7. The van der Waals surface area contributed by atoms with E-state index in [1.54, 1.807) is 18.3 Å². The fourth-order valence-corrected chi connectivity index (χ4v) is 3.27. The third-order valence-electron chi connectivity index (χ3n) is 4.89. The Morgan fingerprint density at radius 3 is 2.59 bits per heavy atom. The summed E-state index contributed by atoms with van der Waals surface area (Å²) < 4.78 is 12.0. The van der Waals surface area contributed by atoms with Gasteiger partial charge < -0.3 is 20.1 Å². The Labute approximate surface area is 188 Å². The van der Waals surface area contributed by atoms with Crippen LogP contribution in [0.25, 0.3) is 0 Å². The highest BCUT2D eigenvalue weighted by atomic mass is 16.5. The molecular weight excluding hydrogens is 406 g/mol. The van der Waals surface area contributed by atoms with Crippen molar-refractivity contribution in [2.75, 3.05) is 20.8 Å². The maximum absolute atomic E-state index is 12.0. The quantitative estimate of drug-likeness (QED) is 0.305. The number of guanidine groups is 1. The summed E-state index contributed by atoms with van der Waals surface area (Å²) in [5, 5.41) is 11.0. The first-order chi connectivity index (χ1) is 15.6. The molecule has 0 aliphatic carbocycles. The summed E-state index contributed by atoms with van der Waals surface area (Å²) in [7, 11) is 2.88. The molecule has 3 rings (SSSR count). The zero-order valence-electron chi connectivity index (χ0n) is 18.7. The van der Waals surface area contributed by atoms with Crippen LogP contribution in [0.1, 0.15) is 34.0 Å². The van der Waals surface area contributed by atoms with Gasteiger partial charge in [0.15, 0.2) is 5.96 Å². The van der Waals surface area contributed by atoms with Crippen molar-refractivity contribution in [2.24, 2.45) is 4.99 Å². The number of hydrogen-bond acceptors (Lipinski definition) is 5. The Morgan fingerprint density at radius 2 is 1.91 bits per heavy atom. The Hall–Kier alpha value is -3.81. The Morgan fingerprint density at radius 1 is 1.09 bits per heavy atom. The molecule has 0 radical (unpaired) electrons. The van der Waals surface area contributed by atoms with E-state index < -0.39 is 5.97 Å². The molecule has 0 aliphatic rings. The maximum atomic E-state index is 12.0. The van der Waals surface area contributed by atoms with E-state index in [0.29, 0.717) is 36.9 Å². The van der Waals surface area contributed by atoms with Gasteiger partial charge in [-0.15, -0.1) is 0 Å². The molecule has 2 aromatic carbocycles. The number of aliphatic imine (C=N–C) groups is 1. The fourth-order valence-electron chi connectivity index (χ4n) is 3.27. The molecule has 1 aromatic heterocycles. The number of benzene rings is 2. The van der Waals surface area contributed by atoms with Crippen LogP contribution in [0.15, 0.2) is 65.9 Å². The topological polar surface area (TPSA) is 89.8 Å². The zero-order valence-corrected chi connectivity index (χ0v) is 18.7. The van der Waals surface area contributed by atoms with Gasteiger partial charge in [-0.1, -0.05) is 30.3 Å². The van der Waals surface area contributed by atoms with Crippen molar-refractivity contribution < 1.29 is 14.3 Å². The number of aromatic nitrogens is 2. The minimum Gasteiger partial charge on any atom is -0.496 e.